The molecule has 2 aromatic rings. The third kappa shape index (κ3) is 5.70. The van der Waals surface area contributed by atoms with E-state index < -0.39 is 22.0 Å². The number of sulfonamides is 1. The van der Waals surface area contributed by atoms with Crippen LogP contribution in [0, 0.1) is 0 Å². The van der Waals surface area contributed by atoms with Gasteiger partial charge in [-0.15, -0.1) is 0 Å². The second kappa shape index (κ2) is 9.00. The van der Waals surface area contributed by atoms with Crippen molar-refractivity contribution in [3.05, 3.63) is 53.6 Å². The Morgan fingerprint density at radius 1 is 1.12 bits per heavy atom. The fourth-order valence-electron chi connectivity index (χ4n) is 2.14. The first-order chi connectivity index (χ1) is 12.3. The number of carboxylic acids is 1. The van der Waals surface area contributed by atoms with Crippen LogP contribution in [-0.4, -0.2) is 32.1 Å². The minimum absolute atomic E-state index is 0.0556. The molecule has 2 aromatic carbocycles. The summed E-state index contributed by atoms with van der Waals surface area (Å²) in [5.41, 5.74) is 5.35. The zero-order valence-corrected chi connectivity index (χ0v) is 15.3. The lowest BCUT2D eigenvalue weighted by Gasteiger charge is -2.14. The van der Waals surface area contributed by atoms with Crippen molar-refractivity contribution in [3.8, 4) is 11.5 Å². The number of carbonyl (C=O) groups is 1. The van der Waals surface area contributed by atoms with E-state index in [0.717, 1.165) is 0 Å². The number of rotatable bonds is 9. The van der Waals surface area contributed by atoms with Gasteiger partial charge >= 0.3 is 5.97 Å². The smallest absolute Gasteiger partial charge is 0.321 e. The fourth-order valence-corrected chi connectivity index (χ4v) is 3.49. The number of benzene rings is 2. The number of hydrogen-bond donors (Lipinski definition) is 3. The Labute approximate surface area is 156 Å². The zero-order chi connectivity index (χ0) is 19.2. The van der Waals surface area contributed by atoms with E-state index in [1.165, 1.54) is 24.3 Å². The Morgan fingerprint density at radius 3 is 2.15 bits per heavy atom. The first kappa shape index (κ1) is 20.2. The van der Waals surface area contributed by atoms with Crippen molar-refractivity contribution in [2.75, 3.05) is 6.54 Å². The topological polar surface area (TPSA) is 119 Å². The molecule has 26 heavy (non-hydrogen) atoms. The highest BCUT2D eigenvalue weighted by atomic mass is 35.5. The van der Waals surface area contributed by atoms with Crippen molar-refractivity contribution in [2.45, 2.75) is 23.8 Å². The summed E-state index contributed by atoms with van der Waals surface area (Å²) in [6, 6.07) is 11.1. The molecule has 0 amide bonds. The summed E-state index contributed by atoms with van der Waals surface area (Å²) in [6.45, 7) is 0.280. The van der Waals surface area contributed by atoms with Gasteiger partial charge in [-0.3, -0.25) is 4.79 Å². The van der Waals surface area contributed by atoms with Crippen LogP contribution in [0.2, 0.25) is 5.02 Å². The van der Waals surface area contributed by atoms with E-state index in [9.17, 15) is 13.2 Å². The van der Waals surface area contributed by atoms with Gasteiger partial charge in [0.25, 0.3) is 0 Å². The summed E-state index contributed by atoms with van der Waals surface area (Å²) < 4.78 is 32.5. The molecule has 0 unspecified atom stereocenters. The van der Waals surface area contributed by atoms with Crippen molar-refractivity contribution in [1.29, 1.82) is 0 Å². The summed E-state index contributed by atoms with van der Waals surface area (Å²) >= 11 is 5.80. The van der Waals surface area contributed by atoms with Crippen molar-refractivity contribution in [2.24, 2.45) is 5.73 Å². The SMILES string of the molecule is NCCC[C@H](NS(=O)(=O)c1ccc(Oc2ccc(Cl)cc2)cc1)C(=O)O. The van der Waals surface area contributed by atoms with Gasteiger partial charge in [-0.05, 0) is 67.9 Å². The Morgan fingerprint density at radius 2 is 1.65 bits per heavy atom. The molecule has 9 heteroatoms. The Kier molecular flexibility index (Phi) is 6.98. The van der Waals surface area contributed by atoms with Gasteiger partial charge in [-0.1, -0.05) is 11.6 Å². The predicted octanol–water partition coefficient (Wildman–Crippen LogP) is 2.60. The van der Waals surface area contributed by atoms with Gasteiger partial charge < -0.3 is 15.6 Å². The number of aliphatic carboxylic acids is 1. The molecule has 0 saturated heterocycles. The summed E-state index contributed by atoms with van der Waals surface area (Å²) in [5, 5.41) is 9.72. The summed E-state index contributed by atoms with van der Waals surface area (Å²) in [5.74, 6) is -0.259. The quantitative estimate of drug-likeness (QED) is 0.597. The second-order valence-corrected chi connectivity index (χ2v) is 7.62. The molecular formula is C17H19ClN2O5S. The molecule has 140 valence electrons. The van der Waals surface area contributed by atoms with Crippen LogP contribution in [0.15, 0.2) is 53.4 Å². The largest absolute Gasteiger partial charge is 0.480 e. The van der Waals surface area contributed by atoms with E-state index in [1.54, 1.807) is 24.3 Å². The van der Waals surface area contributed by atoms with E-state index in [1.807, 2.05) is 0 Å². The maximum atomic E-state index is 12.4. The fraction of sp³-hybridized carbons (Fsp3) is 0.235. The van der Waals surface area contributed by atoms with Crippen LogP contribution in [0.4, 0.5) is 0 Å². The van der Waals surface area contributed by atoms with Gasteiger partial charge in [0, 0.05) is 5.02 Å². The molecular weight excluding hydrogens is 380 g/mol. The average Bonchev–Trinajstić information content (AvgIpc) is 2.61. The van der Waals surface area contributed by atoms with E-state index in [-0.39, 0.29) is 17.9 Å². The van der Waals surface area contributed by atoms with E-state index in [0.29, 0.717) is 22.9 Å². The molecule has 0 saturated carbocycles. The summed E-state index contributed by atoms with van der Waals surface area (Å²) in [4.78, 5) is 11.1. The first-order valence-electron chi connectivity index (χ1n) is 7.80. The molecule has 0 heterocycles. The highest BCUT2D eigenvalue weighted by molar-refractivity contribution is 7.89. The normalized spacial score (nSPS) is 12.5. The molecule has 0 aliphatic rings. The Hall–Kier alpha value is -2.13. The average molecular weight is 399 g/mol. The van der Waals surface area contributed by atoms with Crippen molar-refractivity contribution >= 4 is 27.6 Å². The molecule has 0 radical (unpaired) electrons. The van der Waals surface area contributed by atoms with Crippen LogP contribution >= 0.6 is 11.6 Å². The first-order valence-corrected chi connectivity index (χ1v) is 9.66. The summed E-state index contributed by atoms with van der Waals surface area (Å²) in [6.07, 6.45) is 0.510. The summed E-state index contributed by atoms with van der Waals surface area (Å²) in [7, 11) is -3.97. The molecule has 0 fully saturated rings. The number of ether oxygens (including phenoxy) is 1. The molecule has 4 N–H and O–H groups in total. The molecule has 0 spiro atoms. The number of hydrogen-bond acceptors (Lipinski definition) is 5. The van der Waals surface area contributed by atoms with Gasteiger partial charge in [0.05, 0.1) is 4.90 Å². The van der Waals surface area contributed by atoms with Crippen molar-refractivity contribution < 1.29 is 23.1 Å². The molecule has 2 rings (SSSR count). The Bertz CT molecular complexity index is 838. The monoisotopic (exact) mass is 398 g/mol. The minimum Gasteiger partial charge on any atom is -0.480 e. The molecule has 0 aliphatic heterocycles. The molecule has 0 aromatic heterocycles. The van der Waals surface area contributed by atoms with E-state index >= 15 is 0 Å². The highest BCUT2D eigenvalue weighted by Gasteiger charge is 2.24. The lowest BCUT2D eigenvalue weighted by Crippen LogP contribution is -2.40. The van der Waals surface area contributed by atoms with Crippen molar-refractivity contribution in [1.82, 2.24) is 4.72 Å². The molecule has 0 bridgehead atoms. The van der Waals surface area contributed by atoms with E-state index in [4.69, 9.17) is 27.2 Å². The molecule has 1 atom stereocenters. The lowest BCUT2D eigenvalue weighted by atomic mass is 10.2. The van der Waals surface area contributed by atoms with Gasteiger partial charge in [-0.25, -0.2) is 8.42 Å². The van der Waals surface area contributed by atoms with Crippen LogP contribution in [0.25, 0.3) is 0 Å². The van der Waals surface area contributed by atoms with Crippen LogP contribution in [0.1, 0.15) is 12.8 Å². The van der Waals surface area contributed by atoms with E-state index in [2.05, 4.69) is 4.72 Å². The number of nitrogens with two attached hydrogens (primary N) is 1. The van der Waals surface area contributed by atoms with Crippen molar-refractivity contribution in [3.63, 3.8) is 0 Å². The third-order valence-corrected chi connectivity index (χ3v) is 5.22. The van der Waals surface area contributed by atoms with Crippen LogP contribution in [0.5, 0.6) is 11.5 Å². The van der Waals surface area contributed by atoms with Gasteiger partial charge in [-0.2, -0.15) is 4.72 Å². The number of carboxylic acid groups (broad SMARTS) is 1. The highest BCUT2D eigenvalue weighted by Crippen LogP contribution is 2.24. The maximum absolute atomic E-state index is 12.4. The van der Waals surface area contributed by atoms with Gasteiger partial charge in [0.15, 0.2) is 0 Å². The minimum atomic E-state index is -3.97. The third-order valence-electron chi connectivity index (χ3n) is 3.48. The van der Waals surface area contributed by atoms with Crippen LogP contribution < -0.4 is 15.2 Å². The number of nitrogens with one attached hydrogen (secondary N) is 1. The second-order valence-electron chi connectivity index (χ2n) is 5.47. The lowest BCUT2D eigenvalue weighted by molar-refractivity contribution is -0.139. The van der Waals surface area contributed by atoms with Gasteiger partial charge in [0.1, 0.15) is 17.5 Å². The van der Waals surface area contributed by atoms with Gasteiger partial charge in [0.2, 0.25) is 10.0 Å². The maximum Gasteiger partial charge on any atom is 0.321 e. The standard InChI is InChI=1S/C17H19ClN2O5S/c18-12-3-5-13(6-4-12)25-14-7-9-15(10-8-14)26(23,24)20-16(17(21)22)2-1-11-19/h3-10,16,20H,1-2,11,19H2,(H,21,22)/t16-/m0/s1. The number of halogens is 1. The zero-order valence-electron chi connectivity index (χ0n) is 13.8. The predicted molar refractivity (Wildman–Crippen MR) is 98.0 cm³/mol. The molecule has 0 aliphatic carbocycles. The van der Waals surface area contributed by atoms with Crippen LogP contribution in [0.3, 0.4) is 0 Å². The van der Waals surface area contributed by atoms with Crippen LogP contribution in [-0.2, 0) is 14.8 Å². The molecule has 7 nitrogen and oxygen atoms in total. The Balaban J connectivity index is 2.09.